The van der Waals surface area contributed by atoms with E-state index in [0.717, 1.165) is 57.8 Å². The number of amides is 1. The molecule has 0 aliphatic carbocycles. The second-order valence-electron chi connectivity index (χ2n) is 19.6. The lowest BCUT2D eigenvalue weighted by atomic mass is 10.0. The number of hydrogen-bond acceptors (Lipinski definition) is 5. The molecule has 0 radical (unpaired) electrons. The summed E-state index contributed by atoms with van der Waals surface area (Å²) in [4.78, 5) is 24.5. The molecule has 0 saturated heterocycles. The van der Waals surface area contributed by atoms with Crippen LogP contribution >= 0.6 is 0 Å². The van der Waals surface area contributed by atoms with Gasteiger partial charge in [-0.3, -0.25) is 9.59 Å². The summed E-state index contributed by atoms with van der Waals surface area (Å²) in [5.74, 6) is -0.0872. The smallest absolute Gasteiger partial charge is 0.305 e. The molecule has 0 bridgehead atoms. The van der Waals surface area contributed by atoms with Crippen LogP contribution in [0, 0.1) is 0 Å². The van der Waals surface area contributed by atoms with Crippen molar-refractivity contribution in [2.24, 2.45) is 0 Å². The van der Waals surface area contributed by atoms with Crippen molar-refractivity contribution in [3.63, 3.8) is 0 Å². The highest BCUT2D eigenvalue weighted by Crippen LogP contribution is 2.17. The average molecular weight is 891 g/mol. The van der Waals surface area contributed by atoms with Crippen LogP contribution < -0.4 is 5.32 Å². The molecule has 0 rings (SSSR count). The van der Waals surface area contributed by atoms with Crippen LogP contribution in [0.15, 0.2) is 12.2 Å². The number of hydrogen-bond donors (Lipinski definition) is 3. The van der Waals surface area contributed by atoms with Crippen LogP contribution in [-0.4, -0.2) is 47.4 Å². The predicted molar refractivity (Wildman–Crippen MR) is 273 cm³/mol. The number of aliphatic hydroxyl groups excluding tert-OH is 2. The zero-order chi connectivity index (χ0) is 45.8. The van der Waals surface area contributed by atoms with E-state index in [-0.39, 0.29) is 18.5 Å². The van der Waals surface area contributed by atoms with E-state index in [1.165, 1.54) is 231 Å². The van der Waals surface area contributed by atoms with Gasteiger partial charge >= 0.3 is 5.97 Å². The van der Waals surface area contributed by atoms with Gasteiger partial charge in [-0.05, 0) is 32.1 Å². The number of nitrogens with one attached hydrogen (secondary N) is 1. The normalized spacial score (nSPS) is 12.6. The summed E-state index contributed by atoms with van der Waals surface area (Å²) in [6, 6.07) is -0.639. The van der Waals surface area contributed by atoms with Gasteiger partial charge in [-0.15, -0.1) is 0 Å². The van der Waals surface area contributed by atoms with Crippen molar-refractivity contribution < 1.29 is 24.5 Å². The van der Waals surface area contributed by atoms with Gasteiger partial charge < -0.3 is 20.3 Å². The number of rotatable bonds is 53. The lowest BCUT2D eigenvalue weighted by Gasteiger charge is -2.20. The molecule has 374 valence electrons. The monoisotopic (exact) mass is 890 g/mol. The SMILES string of the molecule is CCCCCCCCCCCCCCCCCC/C=C/C(O)C(CO)NC(=O)CCCCCCCCCCCCCCOC(=O)CCCCCCCCCCCCCCCCCC. The molecule has 6 heteroatoms. The Balaban J connectivity index is 3.47. The molecular weight excluding hydrogens is 779 g/mol. The van der Waals surface area contributed by atoms with E-state index in [9.17, 15) is 19.8 Å². The van der Waals surface area contributed by atoms with Crippen molar-refractivity contribution in [2.75, 3.05) is 13.2 Å². The summed E-state index contributed by atoms with van der Waals surface area (Å²) in [7, 11) is 0. The minimum Gasteiger partial charge on any atom is -0.466 e. The number of aliphatic hydroxyl groups is 2. The summed E-state index contributed by atoms with van der Waals surface area (Å²) in [5, 5.41) is 23.1. The zero-order valence-electron chi connectivity index (χ0n) is 42.6. The van der Waals surface area contributed by atoms with Crippen molar-refractivity contribution >= 4 is 11.9 Å². The number of carbonyl (C=O) groups excluding carboxylic acids is 2. The minimum absolute atomic E-state index is 0.00669. The summed E-state index contributed by atoms with van der Waals surface area (Å²) in [5.41, 5.74) is 0. The van der Waals surface area contributed by atoms with Crippen LogP contribution in [0.2, 0.25) is 0 Å². The van der Waals surface area contributed by atoms with Gasteiger partial charge in [-0.1, -0.05) is 283 Å². The Labute approximate surface area is 393 Å². The van der Waals surface area contributed by atoms with Gasteiger partial charge in [-0.2, -0.15) is 0 Å². The lowest BCUT2D eigenvalue weighted by Crippen LogP contribution is -2.45. The van der Waals surface area contributed by atoms with E-state index >= 15 is 0 Å². The quantitative estimate of drug-likeness (QED) is 0.0321. The Kier molecular flexibility index (Phi) is 52.0. The van der Waals surface area contributed by atoms with Gasteiger partial charge in [0.25, 0.3) is 0 Å². The van der Waals surface area contributed by atoms with Crippen LogP contribution in [0.1, 0.15) is 316 Å². The maximum Gasteiger partial charge on any atom is 0.305 e. The topological polar surface area (TPSA) is 95.9 Å². The molecule has 6 nitrogen and oxygen atoms in total. The number of ether oxygens (including phenoxy) is 1. The van der Waals surface area contributed by atoms with Gasteiger partial charge in [0.2, 0.25) is 5.91 Å². The van der Waals surface area contributed by atoms with Crippen molar-refractivity contribution in [1.82, 2.24) is 5.32 Å². The van der Waals surface area contributed by atoms with Crippen molar-refractivity contribution in [3.8, 4) is 0 Å². The van der Waals surface area contributed by atoms with Crippen LogP contribution in [0.4, 0.5) is 0 Å². The van der Waals surface area contributed by atoms with Gasteiger partial charge in [0.05, 0.1) is 25.4 Å². The third kappa shape index (κ3) is 49.9. The first-order valence-electron chi connectivity index (χ1n) is 28.5. The number of carbonyl (C=O) groups is 2. The second kappa shape index (κ2) is 53.2. The van der Waals surface area contributed by atoms with E-state index in [1.807, 2.05) is 6.08 Å². The molecule has 63 heavy (non-hydrogen) atoms. The maximum atomic E-state index is 12.5. The van der Waals surface area contributed by atoms with Gasteiger partial charge in [0.15, 0.2) is 0 Å². The van der Waals surface area contributed by atoms with Crippen LogP contribution in [-0.2, 0) is 14.3 Å². The maximum absolute atomic E-state index is 12.5. The number of esters is 1. The van der Waals surface area contributed by atoms with E-state index in [1.54, 1.807) is 6.08 Å². The predicted octanol–water partition coefficient (Wildman–Crippen LogP) is 17.3. The lowest BCUT2D eigenvalue weighted by molar-refractivity contribution is -0.143. The second-order valence-corrected chi connectivity index (χ2v) is 19.6. The third-order valence-electron chi connectivity index (χ3n) is 13.3. The molecule has 0 aromatic heterocycles. The highest BCUT2D eigenvalue weighted by atomic mass is 16.5. The molecular formula is C57H111NO5. The van der Waals surface area contributed by atoms with Crippen molar-refractivity contribution in [3.05, 3.63) is 12.2 Å². The molecule has 0 aromatic carbocycles. The van der Waals surface area contributed by atoms with Gasteiger partial charge in [-0.25, -0.2) is 0 Å². The Morgan fingerprint density at radius 1 is 0.429 bits per heavy atom. The molecule has 0 spiro atoms. The third-order valence-corrected chi connectivity index (χ3v) is 13.3. The molecule has 0 aliphatic rings. The minimum atomic E-state index is -0.854. The number of unbranched alkanes of at least 4 members (excludes halogenated alkanes) is 42. The van der Waals surface area contributed by atoms with Crippen LogP contribution in [0.3, 0.4) is 0 Å². The Bertz CT molecular complexity index is 939. The summed E-state index contributed by atoms with van der Waals surface area (Å²) >= 11 is 0. The van der Waals surface area contributed by atoms with Crippen molar-refractivity contribution in [2.45, 2.75) is 328 Å². The first-order valence-corrected chi connectivity index (χ1v) is 28.5. The fraction of sp³-hybridized carbons (Fsp3) is 0.930. The largest absolute Gasteiger partial charge is 0.466 e. The number of allylic oxidation sites excluding steroid dienone is 1. The Morgan fingerprint density at radius 2 is 0.730 bits per heavy atom. The first kappa shape index (κ1) is 61.6. The average Bonchev–Trinajstić information content (AvgIpc) is 3.28. The Hall–Kier alpha value is -1.40. The zero-order valence-corrected chi connectivity index (χ0v) is 42.6. The fourth-order valence-electron chi connectivity index (χ4n) is 8.93. The summed E-state index contributed by atoms with van der Waals surface area (Å²) in [6.45, 7) is 4.89. The van der Waals surface area contributed by atoms with E-state index in [2.05, 4.69) is 19.2 Å². The summed E-state index contributed by atoms with van der Waals surface area (Å²) < 4.78 is 5.47. The van der Waals surface area contributed by atoms with E-state index in [0.29, 0.717) is 19.4 Å². The Morgan fingerprint density at radius 3 is 1.08 bits per heavy atom. The van der Waals surface area contributed by atoms with Gasteiger partial charge in [0.1, 0.15) is 0 Å². The standard InChI is InChI=1S/C57H111NO5/c1-3-5-7-9-11-13-15-17-19-21-22-23-25-29-33-37-41-45-49-55(60)54(53-59)58-56(61)50-46-42-38-34-30-27-28-32-36-40-44-48-52-63-57(62)51-47-43-39-35-31-26-24-20-18-16-14-12-10-8-6-4-2/h45,49,54-55,59-60H,3-44,46-48,50-53H2,1-2H3,(H,58,61)/b49-45+. The molecule has 0 aromatic rings. The van der Waals surface area contributed by atoms with E-state index < -0.39 is 12.1 Å². The molecule has 0 aliphatic heterocycles. The highest BCUT2D eigenvalue weighted by Gasteiger charge is 2.18. The molecule has 0 heterocycles. The van der Waals surface area contributed by atoms with E-state index in [4.69, 9.17) is 4.74 Å². The first-order chi connectivity index (χ1) is 31.0. The molecule has 2 atom stereocenters. The fourth-order valence-corrected chi connectivity index (χ4v) is 8.93. The van der Waals surface area contributed by atoms with Crippen molar-refractivity contribution in [1.29, 1.82) is 0 Å². The molecule has 0 saturated carbocycles. The molecule has 2 unspecified atom stereocenters. The van der Waals surface area contributed by atoms with Gasteiger partial charge in [0, 0.05) is 12.8 Å². The van der Waals surface area contributed by atoms with Crippen LogP contribution in [0.25, 0.3) is 0 Å². The highest BCUT2D eigenvalue weighted by molar-refractivity contribution is 5.76. The van der Waals surface area contributed by atoms with Crippen LogP contribution in [0.5, 0.6) is 0 Å². The molecule has 1 amide bonds. The molecule has 0 fully saturated rings. The summed E-state index contributed by atoms with van der Waals surface area (Å²) in [6.07, 6.45) is 62.2. The molecule has 3 N–H and O–H groups in total.